The minimum absolute atomic E-state index is 0.184. The Morgan fingerprint density at radius 2 is 1.97 bits per heavy atom. The second-order valence-corrected chi connectivity index (χ2v) is 10.3. The molecule has 2 saturated heterocycles. The number of amides is 2. The van der Waals surface area contributed by atoms with Gasteiger partial charge in [0.1, 0.15) is 0 Å². The minimum Gasteiger partial charge on any atom is -0.356 e. The molecule has 0 radical (unpaired) electrons. The van der Waals surface area contributed by atoms with Crippen LogP contribution < -0.4 is 5.32 Å². The third kappa shape index (κ3) is 4.46. The molecule has 3 atom stereocenters. The Hall–Kier alpha value is -3.79. The highest BCUT2D eigenvalue weighted by Gasteiger charge is 2.35. The Labute approximate surface area is 214 Å². The number of hydrogen-bond acceptors (Lipinski definition) is 6. The summed E-state index contributed by atoms with van der Waals surface area (Å²) in [6, 6.07) is 5.91. The van der Waals surface area contributed by atoms with Crippen LogP contribution in [0.5, 0.6) is 0 Å². The topological polar surface area (TPSA) is 107 Å². The molecule has 10 heteroatoms. The lowest BCUT2D eigenvalue weighted by molar-refractivity contribution is -0.146. The summed E-state index contributed by atoms with van der Waals surface area (Å²) >= 11 is 0. The average molecular weight is 502 g/mol. The number of fused-ring (bicyclic) bond motifs is 2. The van der Waals surface area contributed by atoms with Crippen LogP contribution in [0, 0.1) is 5.92 Å². The van der Waals surface area contributed by atoms with Crippen molar-refractivity contribution < 1.29 is 14.3 Å². The molecule has 2 fully saturated rings. The molecule has 5 heterocycles. The van der Waals surface area contributed by atoms with E-state index in [0.29, 0.717) is 30.3 Å². The average Bonchev–Trinajstić information content (AvgIpc) is 3.51. The van der Waals surface area contributed by atoms with Gasteiger partial charge < -0.3 is 15.0 Å². The molecule has 1 aromatic carbocycles. The van der Waals surface area contributed by atoms with E-state index in [0.717, 1.165) is 54.0 Å². The molecule has 2 aliphatic heterocycles. The summed E-state index contributed by atoms with van der Waals surface area (Å²) in [7, 11) is 1.89. The zero-order chi connectivity index (χ0) is 25.5. The van der Waals surface area contributed by atoms with Crippen molar-refractivity contribution in [2.24, 2.45) is 13.0 Å². The Kier molecular flexibility index (Phi) is 6.11. The first-order valence-corrected chi connectivity index (χ1v) is 13.0. The van der Waals surface area contributed by atoms with Crippen molar-refractivity contribution in [3.63, 3.8) is 0 Å². The first-order valence-electron chi connectivity index (χ1n) is 13.0. The number of nitrogens with zero attached hydrogens (tertiary/aromatic N) is 6. The number of ether oxygens (including phenoxy) is 1. The Morgan fingerprint density at radius 1 is 1.08 bits per heavy atom. The Balaban J connectivity index is 1.28. The molecule has 2 aliphatic rings. The molecule has 0 unspecified atom stereocenters. The number of hydrogen-bond donors (Lipinski definition) is 1. The molecule has 2 amide bonds. The number of aryl methyl sites for hydroxylation is 1. The molecule has 192 valence electrons. The zero-order valence-electron chi connectivity index (χ0n) is 21.1. The van der Waals surface area contributed by atoms with Gasteiger partial charge in [0.2, 0.25) is 0 Å². The number of carbonyl (C=O) groups is 2. The van der Waals surface area contributed by atoms with Crippen molar-refractivity contribution in [2.45, 2.75) is 51.3 Å². The number of anilines is 1. The fourth-order valence-corrected chi connectivity index (χ4v) is 5.62. The van der Waals surface area contributed by atoms with Gasteiger partial charge in [-0.15, -0.1) is 0 Å². The van der Waals surface area contributed by atoms with E-state index in [1.54, 1.807) is 32.9 Å². The molecular weight excluding hydrogens is 470 g/mol. The summed E-state index contributed by atoms with van der Waals surface area (Å²) < 4.78 is 9.50. The fourth-order valence-electron chi connectivity index (χ4n) is 5.62. The number of nitrogens with one attached hydrogen (secondary N) is 1. The fraction of sp³-hybridized carbons (Fsp3) is 0.444. The van der Waals surface area contributed by atoms with E-state index in [1.165, 1.54) is 0 Å². The van der Waals surface area contributed by atoms with Gasteiger partial charge in [-0.1, -0.05) is 19.1 Å². The molecular formula is C27H31N7O3. The van der Waals surface area contributed by atoms with Crippen molar-refractivity contribution in [1.29, 1.82) is 0 Å². The van der Waals surface area contributed by atoms with Crippen molar-refractivity contribution >= 4 is 39.3 Å². The number of pyridine rings is 1. The summed E-state index contributed by atoms with van der Waals surface area (Å²) in [5.41, 5.74) is 3.05. The molecule has 3 aromatic heterocycles. The van der Waals surface area contributed by atoms with Crippen LogP contribution in [0.1, 0.15) is 56.9 Å². The monoisotopic (exact) mass is 501 g/mol. The molecule has 0 spiro atoms. The van der Waals surface area contributed by atoms with Gasteiger partial charge in [-0.25, -0.2) is 4.68 Å². The summed E-state index contributed by atoms with van der Waals surface area (Å²) in [6.07, 6.45) is 11.5. The second-order valence-electron chi connectivity index (χ2n) is 10.3. The first-order chi connectivity index (χ1) is 18.0. The number of benzene rings is 1. The maximum absolute atomic E-state index is 13.6. The van der Waals surface area contributed by atoms with E-state index in [9.17, 15) is 9.59 Å². The molecule has 37 heavy (non-hydrogen) atoms. The van der Waals surface area contributed by atoms with Crippen LogP contribution in [0.3, 0.4) is 0 Å². The second kappa shape index (κ2) is 9.59. The zero-order valence-corrected chi connectivity index (χ0v) is 21.1. The molecule has 10 nitrogen and oxygen atoms in total. The van der Waals surface area contributed by atoms with E-state index in [-0.39, 0.29) is 12.3 Å². The van der Waals surface area contributed by atoms with Crippen LogP contribution >= 0.6 is 0 Å². The van der Waals surface area contributed by atoms with Crippen LogP contribution in [-0.2, 0) is 21.4 Å². The highest BCUT2D eigenvalue weighted by atomic mass is 16.5. The minimum atomic E-state index is -0.676. The van der Waals surface area contributed by atoms with Crippen molar-refractivity contribution in [2.75, 3.05) is 18.5 Å². The molecule has 0 saturated carbocycles. The Bertz CT molecular complexity index is 1470. The number of carbonyl (C=O) groups excluding carboxylic acids is 2. The lowest BCUT2D eigenvalue weighted by atomic mass is 9.89. The summed E-state index contributed by atoms with van der Waals surface area (Å²) in [5.74, 6) is -0.916. The van der Waals surface area contributed by atoms with Gasteiger partial charge in [0.05, 0.1) is 35.2 Å². The van der Waals surface area contributed by atoms with Crippen molar-refractivity contribution in [1.82, 2.24) is 29.4 Å². The van der Waals surface area contributed by atoms with Crippen molar-refractivity contribution in [3.8, 4) is 0 Å². The van der Waals surface area contributed by atoms with Crippen LogP contribution in [0.2, 0.25) is 0 Å². The lowest BCUT2D eigenvalue weighted by Crippen LogP contribution is -2.46. The van der Waals surface area contributed by atoms with Crippen LogP contribution in [0.4, 0.5) is 5.69 Å². The maximum atomic E-state index is 13.6. The van der Waals surface area contributed by atoms with Gasteiger partial charge in [0.15, 0.2) is 6.23 Å². The standard InChI is InChI=1S/C27H31N7O3/c1-17-6-9-23(18-7-8-19-16-32(2)31-21(19)11-18)33(15-17)27(36)26(35)30-22-14-28-12-20-13-29-34(25(20)22)24-5-3-4-10-37-24/h7-8,11-14,16-17,23-24H,3-6,9-10,15H2,1-2H3,(H,30,35)/t17-,23+,24+/m0/s1. The Morgan fingerprint density at radius 3 is 2.81 bits per heavy atom. The lowest BCUT2D eigenvalue weighted by Gasteiger charge is -2.38. The van der Waals surface area contributed by atoms with E-state index in [1.807, 2.05) is 31.4 Å². The molecule has 0 aliphatic carbocycles. The first kappa shape index (κ1) is 23.6. The van der Waals surface area contributed by atoms with Gasteiger partial charge in [-0.2, -0.15) is 10.2 Å². The predicted octanol–water partition coefficient (Wildman–Crippen LogP) is 3.96. The molecule has 0 bridgehead atoms. The largest absolute Gasteiger partial charge is 0.356 e. The third-order valence-corrected chi connectivity index (χ3v) is 7.48. The molecule has 1 N–H and O–H groups in total. The van der Waals surface area contributed by atoms with Crippen molar-refractivity contribution in [3.05, 3.63) is 48.5 Å². The van der Waals surface area contributed by atoms with E-state index in [2.05, 4.69) is 27.4 Å². The summed E-state index contributed by atoms with van der Waals surface area (Å²) in [4.78, 5) is 32.9. The summed E-state index contributed by atoms with van der Waals surface area (Å²) in [5, 5.41) is 13.7. The van der Waals surface area contributed by atoms with Gasteiger partial charge >= 0.3 is 11.8 Å². The molecule has 6 rings (SSSR count). The highest BCUT2D eigenvalue weighted by Crippen LogP contribution is 2.35. The SMILES string of the molecule is C[C@H]1CC[C@H](c2ccc3cn(C)nc3c2)N(C(=O)C(=O)Nc2cncc3cnn([C@H]4CCCCO4)c23)C1. The normalized spacial score (nSPS) is 22.4. The maximum Gasteiger partial charge on any atom is 0.314 e. The highest BCUT2D eigenvalue weighted by molar-refractivity contribution is 6.40. The smallest absolute Gasteiger partial charge is 0.314 e. The predicted molar refractivity (Wildman–Crippen MR) is 139 cm³/mol. The van der Waals surface area contributed by atoms with Crippen LogP contribution in [0.25, 0.3) is 21.8 Å². The van der Waals surface area contributed by atoms with E-state index < -0.39 is 11.8 Å². The van der Waals surface area contributed by atoms with E-state index >= 15 is 0 Å². The van der Waals surface area contributed by atoms with Gasteiger partial charge in [0, 0.05) is 43.4 Å². The van der Waals surface area contributed by atoms with Crippen LogP contribution in [0.15, 0.2) is 43.0 Å². The number of rotatable bonds is 3. The van der Waals surface area contributed by atoms with Gasteiger partial charge in [-0.05, 0) is 49.7 Å². The number of likely N-dealkylation sites (tertiary alicyclic amines) is 1. The van der Waals surface area contributed by atoms with Gasteiger partial charge in [-0.3, -0.25) is 19.3 Å². The van der Waals surface area contributed by atoms with E-state index in [4.69, 9.17) is 4.74 Å². The quantitative estimate of drug-likeness (QED) is 0.426. The number of piperidine rings is 1. The third-order valence-electron chi connectivity index (χ3n) is 7.48. The van der Waals surface area contributed by atoms with Gasteiger partial charge in [0.25, 0.3) is 0 Å². The summed E-state index contributed by atoms with van der Waals surface area (Å²) in [6.45, 7) is 3.31. The molecule has 4 aromatic rings. The van der Waals surface area contributed by atoms with Crippen LogP contribution in [-0.4, -0.2) is 54.4 Å². The number of aromatic nitrogens is 5.